The molecular weight excluding hydrogens is 278 g/mol. The van der Waals surface area contributed by atoms with Gasteiger partial charge in [-0.3, -0.25) is 4.72 Å². The van der Waals surface area contributed by atoms with E-state index in [-0.39, 0.29) is 5.75 Å². The average molecular weight is 294 g/mol. The lowest BCUT2D eigenvalue weighted by atomic mass is 10.3. The maximum absolute atomic E-state index is 11.7. The van der Waals surface area contributed by atoms with Crippen LogP contribution in [0.5, 0.6) is 11.5 Å². The first kappa shape index (κ1) is 14.9. The molecule has 0 bridgehead atoms. The number of alkyl halides is 1. The van der Waals surface area contributed by atoms with Crippen molar-refractivity contribution in [2.24, 2.45) is 0 Å². The Labute approximate surface area is 112 Å². The third-order valence-electron chi connectivity index (χ3n) is 2.17. The third-order valence-corrected chi connectivity index (χ3v) is 3.81. The monoisotopic (exact) mass is 293 g/mol. The van der Waals surface area contributed by atoms with Crippen LogP contribution in [0.25, 0.3) is 0 Å². The molecular formula is C11H16ClNO4S. The minimum absolute atomic E-state index is 0.0178. The van der Waals surface area contributed by atoms with Gasteiger partial charge in [0.25, 0.3) is 0 Å². The first-order valence-electron chi connectivity index (χ1n) is 5.30. The molecule has 0 fully saturated rings. The summed E-state index contributed by atoms with van der Waals surface area (Å²) in [6.45, 7) is 0. The van der Waals surface area contributed by atoms with E-state index in [0.29, 0.717) is 29.5 Å². The molecule has 0 aliphatic carbocycles. The Hall–Kier alpha value is -1.14. The molecule has 0 aliphatic heterocycles. The molecule has 7 heteroatoms. The molecule has 5 nitrogen and oxygen atoms in total. The quantitative estimate of drug-likeness (QED) is 0.782. The Bertz CT molecular complexity index is 468. The SMILES string of the molecule is COc1cc(NS(=O)(=O)CCCCl)cc(OC)c1. The van der Waals surface area contributed by atoms with Crippen molar-refractivity contribution in [3.63, 3.8) is 0 Å². The summed E-state index contributed by atoms with van der Waals surface area (Å²) in [5.41, 5.74) is 0.403. The number of nitrogens with one attached hydrogen (secondary N) is 1. The van der Waals surface area contributed by atoms with Gasteiger partial charge in [-0.25, -0.2) is 8.42 Å². The highest BCUT2D eigenvalue weighted by Gasteiger charge is 2.11. The number of hydrogen-bond donors (Lipinski definition) is 1. The molecule has 0 amide bonds. The molecule has 0 aliphatic rings. The number of anilines is 1. The van der Waals surface area contributed by atoms with Crippen LogP contribution in [-0.2, 0) is 10.0 Å². The number of sulfonamides is 1. The zero-order chi connectivity index (χ0) is 13.6. The van der Waals surface area contributed by atoms with E-state index >= 15 is 0 Å². The van der Waals surface area contributed by atoms with Gasteiger partial charge in [-0.1, -0.05) is 0 Å². The molecule has 1 N–H and O–H groups in total. The van der Waals surface area contributed by atoms with Crippen LogP contribution in [0.2, 0.25) is 0 Å². The lowest BCUT2D eigenvalue weighted by Crippen LogP contribution is -2.17. The Balaban J connectivity index is 2.89. The van der Waals surface area contributed by atoms with E-state index in [2.05, 4.69) is 4.72 Å². The number of rotatable bonds is 7. The molecule has 0 saturated heterocycles. The van der Waals surface area contributed by atoms with Gasteiger partial charge in [-0.15, -0.1) is 11.6 Å². The van der Waals surface area contributed by atoms with Crippen LogP contribution in [0.4, 0.5) is 5.69 Å². The summed E-state index contributed by atoms with van der Waals surface area (Å²) in [5, 5.41) is 0. The van der Waals surface area contributed by atoms with Crippen LogP contribution in [0, 0.1) is 0 Å². The fourth-order valence-electron chi connectivity index (χ4n) is 1.34. The van der Waals surface area contributed by atoms with Crippen molar-refractivity contribution < 1.29 is 17.9 Å². The second-order valence-corrected chi connectivity index (χ2v) is 5.78. The van der Waals surface area contributed by atoms with Crippen LogP contribution < -0.4 is 14.2 Å². The van der Waals surface area contributed by atoms with E-state index in [4.69, 9.17) is 21.1 Å². The first-order chi connectivity index (χ1) is 8.50. The second-order valence-electron chi connectivity index (χ2n) is 3.56. The number of hydrogen-bond acceptors (Lipinski definition) is 4. The van der Waals surface area contributed by atoms with E-state index in [1.54, 1.807) is 18.2 Å². The van der Waals surface area contributed by atoms with E-state index in [0.717, 1.165) is 0 Å². The van der Waals surface area contributed by atoms with Crippen molar-refractivity contribution in [2.45, 2.75) is 6.42 Å². The third kappa shape index (κ3) is 4.62. The topological polar surface area (TPSA) is 64.6 Å². The van der Waals surface area contributed by atoms with Gasteiger partial charge < -0.3 is 9.47 Å². The number of halogens is 1. The van der Waals surface area contributed by atoms with Crippen LogP contribution in [0.15, 0.2) is 18.2 Å². The Morgan fingerprint density at radius 3 is 2.17 bits per heavy atom. The summed E-state index contributed by atoms with van der Waals surface area (Å²) in [6, 6.07) is 4.83. The summed E-state index contributed by atoms with van der Waals surface area (Å²) in [5.74, 6) is 1.33. The Kier molecular flexibility index (Phi) is 5.55. The van der Waals surface area contributed by atoms with E-state index < -0.39 is 10.0 Å². The highest BCUT2D eigenvalue weighted by atomic mass is 35.5. The van der Waals surface area contributed by atoms with Crippen molar-refractivity contribution in [3.8, 4) is 11.5 Å². The van der Waals surface area contributed by atoms with Crippen LogP contribution in [0.3, 0.4) is 0 Å². The summed E-state index contributed by atoms with van der Waals surface area (Å²) in [7, 11) is -0.391. The molecule has 18 heavy (non-hydrogen) atoms. The summed E-state index contributed by atoms with van der Waals surface area (Å²) < 4.78 is 36.0. The lowest BCUT2D eigenvalue weighted by molar-refractivity contribution is 0.395. The maximum Gasteiger partial charge on any atom is 0.232 e. The van der Waals surface area contributed by atoms with Gasteiger partial charge in [0, 0.05) is 24.1 Å². The second kappa shape index (κ2) is 6.70. The van der Waals surface area contributed by atoms with Crippen molar-refractivity contribution >= 4 is 27.3 Å². The van der Waals surface area contributed by atoms with Crippen LogP contribution in [-0.4, -0.2) is 34.3 Å². The summed E-state index contributed by atoms with van der Waals surface area (Å²) in [6.07, 6.45) is 0.401. The van der Waals surface area contributed by atoms with E-state index in [1.807, 2.05) is 0 Å². The molecule has 1 aromatic rings. The highest BCUT2D eigenvalue weighted by Crippen LogP contribution is 2.26. The van der Waals surface area contributed by atoms with E-state index in [9.17, 15) is 8.42 Å². The number of benzene rings is 1. The predicted molar refractivity (Wildman–Crippen MR) is 72.3 cm³/mol. The van der Waals surface area contributed by atoms with Crippen LogP contribution >= 0.6 is 11.6 Å². The minimum atomic E-state index is -3.39. The van der Waals surface area contributed by atoms with Crippen molar-refractivity contribution in [1.82, 2.24) is 0 Å². The maximum atomic E-state index is 11.7. The Morgan fingerprint density at radius 1 is 1.17 bits per heavy atom. The molecule has 0 saturated carbocycles. The summed E-state index contributed by atoms with van der Waals surface area (Å²) in [4.78, 5) is 0. The standard InChI is InChI=1S/C11H16ClNO4S/c1-16-10-6-9(7-11(8-10)17-2)13-18(14,15)5-3-4-12/h6-8,13H,3-5H2,1-2H3. The fourth-order valence-corrected chi connectivity index (χ4v) is 2.74. The van der Waals surface area contributed by atoms with E-state index in [1.165, 1.54) is 14.2 Å². The fraction of sp³-hybridized carbons (Fsp3) is 0.455. The smallest absolute Gasteiger partial charge is 0.232 e. The molecule has 102 valence electrons. The molecule has 0 spiro atoms. The van der Waals surface area contributed by atoms with Crippen molar-refractivity contribution in [1.29, 1.82) is 0 Å². The lowest BCUT2D eigenvalue weighted by Gasteiger charge is -2.10. The van der Waals surface area contributed by atoms with Gasteiger partial charge in [0.15, 0.2) is 0 Å². The van der Waals surface area contributed by atoms with Crippen molar-refractivity contribution in [2.75, 3.05) is 30.6 Å². The zero-order valence-electron chi connectivity index (χ0n) is 10.3. The number of methoxy groups -OCH3 is 2. The number of ether oxygens (including phenoxy) is 2. The largest absolute Gasteiger partial charge is 0.497 e. The van der Waals surface area contributed by atoms with Gasteiger partial charge in [0.2, 0.25) is 10.0 Å². The predicted octanol–water partition coefficient (Wildman–Crippen LogP) is 2.07. The van der Waals surface area contributed by atoms with Gasteiger partial charge in [0.05, 0.1) is 25.7 Å². The molecule has 1 aromatic carbocycles. The van der Waals surface area contributed by atoms with Gasteiger partial charge in [-0.05, 0) is 6.42 Å². The van der Waals surface area contributed by atoms with Gasteiger partial charge in [-0.2, -0.15) is 0 Å². The normalized spacial score (nSPS) is 11.1. The Morgan fingerprint density at radius 2 is 1.72 bits per heavy atom. The molecule has 0 aromatic heterocycles. The molecule has 0 heterocycles. The van der Waals surface area contributed by atoms with Gasteiger partial charge >= 0.3 is 0 Å². The average Bonchev–Trinajstić information content (AvgIpc) is 2.35. The highest BCUT2D eigenvalue weighted by molar-refractivity contribution is 7.92. The first-order valence-corrected chi connectivity index (χ1v) is 7.49. The molecule has 0 unspecified atom stereocenters. The molecule has 1 rings (SSSR count). The zero-order valence-corrected chi connectivity index (χ0v) is 11.8. The molecule has 0 radical (unpaired) electrons. The van der Waals surface area contributed by atoms with Crippen molar-refractivity contribution in [3.05, 3.63) is 18.2 Å². The summed E-state index contributed by atoms with van der Waals surface area (Å²) >= 11 is 5.47. The van der Waals surface area contributed by atoms with Gasteiger partial charge in [0.1, 0.15) is 11.5 Å². The van der Waals surface area contributed by atoms with Crippen LogP contribution in [0.1, 0.15) is 6.42 Å². The minimum Gasteiger partial charge on any atom is -0.497 e. The molecule has 0 atom stereocenters.